The summed E-state index contributed by atoms with van der Waals surface area (Å²) in [5.41, 5.74) is 0.943. The molecule has 7 heteroatoms. The molecule has 0 aliphatic carbocycles. The van der Waals surface area contributed by atoms with E-state index in [1.807, 2.05) is 6.07 Å². The van der Waals surface area contributed by atoms with Gasteiger partial charge < -0.3 is 9.57 Å². The fraction of sp³-hybridized carbons (Fsp3) is 0.412. The molecule has 0 N–H and O–H groups in total. The summed E-state index contributed by atoms with van der Waals surface area (Å²) in [6.45, 7) is 5.43. The molecule has 1 aromatic rings. The summed E-state index contributed by atoms with van der Waals surface area (Å²) in [5, 5.41) is 12.9. The fourth-order valence-electron chi connectivity index (χ4n) is 2.85. The molecular formula is C17H17N3O4. The standard InChI is InChI=1S/C17H17N3O4/c1-10-13(15(21)20-9-17(2,3)23-16(20)22)14(19-24-10)12-6-4-11(8-18)5-7-12/h4-7,10,13H,9H2,1-3H3/t10-,13-/m0/s1. The van der Waals surface area contributed by atoms with Crippen molar-refractivity contribution in [1.82, 2.24) is 4.90 Å². The average molecular weight is 327 g/mol. The van der Waals surface area contributed by atoms with Crippen LogP contribution in [0.25, 0.3) is 0 Å². The van der Waals surface area contributed by atoms with Crippen molar-refractivity contribution in [2.45, 2.75) is 32.5 Å². The van der Waals surface area contributed by atoms with Crippen LogP contribution in [0.3, 0.4) is 0 Å². The highest BCUT2D eigenvalue weighted by Crippen LogP contribution is 2.29. The van der Waals surface area contributed by atoms with E-state index in [9.17, 15) is 9.59 Å². The van der Waals surface area contributed by atoms with Gasteiger partial charge in [0.2, 0.25) is 5.91 Å². The molecule has 0 unspecified atom stereocenters. The molecule has 0 spiro atoms. The van der Waals surface area contributed by atoms with Gasteiger partial charge in [0.1, 0.15) is 23.3 Å². The predicted octanol–water partition coefficient (Wildman–Crippen LogP) is 2.05. The molecule has 3 rings (SSSR count). The first kappa shape index (κ1) is 16.0. The van der Waals surface area contributed by atoms with Gasteiger partial charge in [-0.05, 0) is 32.9 Å². The predicted molar refractivity (Wildman–Crippen MR) is 84.0 cm³/mol. The second-order valence-corrected chi connectivity index (χ2v) is 6.51. The Labute approximate surface area is 139 Å². The van der Waals surface area contributed by atoms with E-state index < -0.39 is 29.6 Å². The molecule has 7 nitrogen and oxygen atoms in total. The lowest BCUT2D eigenvalue weighted by atomic mass is 9.91. The van der Waals surface area contributed by atoms with E-state index in [1.165, 1.54) is 0 Å². The molecular weight excluding hydrogens is 310 g/mol. The number of benzene rings is 1. The first-order chi connectivity index (χ1) is 11.3. The van der Waals surface area contributed by atoms with Crippen LogP contribution in [-0.2, 0) is 14.4 Å². The summed E-state index contributed by atoms with van der Waals surface area (Å²) in [6.07, 6.45) is -1.14. The number of cyclic esters (lactones) is 1. The Morgan fingerprint density at radius 2 is 2.04 bits per heavy atom. The van der Waals surface area contributed by atoms with Crippen LogP contribution in [0, 0.1) is 17.2 Å². The minimum atomic E-state index is -0.707. The van der Waals surface area contributed by atoms with Crippen LogP contribution < -0.4 is 0 Å². The Morgan fingerprint density at radius 3 is 2.58 bits per heavy atom. The van der Waals surface area contributed by atoms with Crippen molar-refractivity contribution in [3.8, 4) is 6.07 Å². The number of hydrogen-bond acceptors (Lipinski definition) is 6. The number of oxime groups is 1. The third kappa shape index (κ3) is 2.71. The second-order valence-electron chi connectivity index (χ2n) is 6.51. The number of hydrogen-bond donors (Lipinski definition) is 0. The highest BCUT2D eigenvalue weighted by molar-refractivity contribution is 6.16. The molecule has 1 fully saturated rings. The average Bonchev–Trinajstić information content (AvgIpc) is 3.05. The largest absolute Gasteiger partial charge is 0.441 e. The molecule has 2 aliphatic heterocycles. The molecule has 2 heterocycles. The molecule has 0 aromatic heterocycles. The van der Waals surface area contributed by atoms with Crippen LogP contribution in [0.15, 0.2) is 29.4 Å². The number of rotatable bonds is 2. The van der Waals surface area contributed by atoms with Crippen molar-refractivity contribution in [3.63, 3.8) is 0 Å². The van der Waals surface area contributed by atoms with E-state index in [-0.39, 0.29) is 6.54 Å². The van der Waals surface area contributed by atoms with Gasteiger partial charge in [-0.1, -0.05) is 17.3 Å². The van der Waals surface area contributed by atoms with E-state index >= 15 is 0 Å². The van der Waals surface area contributed by atoms with Crippen LogP contribution in [0.4, 0.5) is 4.79 Å². The smallest absolute Gasteiger partial charge is 0.417 e. The second kappa shape index (κ2) is 5.64. The van der Waals surface area contributed by atoms with Gasteiger partial charge in [0.05, 0.1) is 18.2 Å². The van der Waals surface area contributed by atoms with Crippen molar-refractivity contribution in [2.75, 3.05) is 6.54 Å². The van der Waals surface area contributed by atoms with Crippen molar-refractivity contribution >= 4 is 17.7 Å². The summed E-state index contributed by atoms with van der Waals surface area (Å²) in [4.78, 5) is 31.2. The topological polar surface area (TPSA) is 92.0 Å². The molecule has 0 radical (unpaired) electrons. The number of nitrogens with zero attached hydrogens (tertiary/aromatic N) is 3. The Morgan fingerprint density at radius 1 is 1.38 bits per heavy atom. The number of imide groups is 1. The normalized spacial score (nSPS) is 24.8. The van der Waals surface area contributed by atoms with Crippen molar-refractivity contribution in [2.24, 2.45) is 11.1 Å². The van der Waals surface area contributed by atoms with Gasteiger partial charge in [-0.15, -0.1) is 0 Å². The molecule has 2 aliphatic rings. The van der Waals surface area contributed by atoms with Gasteiger partial charge in [-0.25, -0.2) is 9.69 Å². The number of carbonyl (C=O) groups excluding carboxylic acids is 2. The summed E-state index contributed by atoms with van der Waals surface area (Å²) >= 11 is 0. The van der Waals surface area contributed by atoms with Gasteiger partial charge in [0, 0.05) is 5.56 Å². The number of amides is 2. The summed E-state index contributed by atoms with van der Waals surface area (Å²) < 4.78 is 5.20. The van der Waals surface area contributed by atoms with Crippen molar-refractivity contribution in [1.29, 1.82) is 5.26 Å². The molecule has 0 bridgehead atoms. The highest BCUT2D eigenvalue weighted by Gasteiger charge is 2.47. The monoisotopic (exact) mass is 327 g/mol. The van der Waals surface area contributed by atoms with Crippen LogP contribution in [-0.4, -0.2) is 40.9 Å². The van der Waals surface area contributed by atoms with E-state index in [0.717, 1.165) is 4.90 Å². The summed E-state index contributed by atoms with van der Waals surface area (Å²) in [5.74, 6) is -1.09. The Hall–Kier alpha value is -2.88. The Kier molecular flexibility index (Phi) is 3.76. The number of ether oxygens (including phenoxy) is 1. The van der Waals surface area contributed by atoms with E-state index in [1.54, 1.807) is 45.0 Å². The maximum absolute atomic E-state index is 12.9. The van der Waals surface area contributed by atoms with Crippen LogP contribution in [0.2, 0.25) is 0 Å². The quantitative estimate of drug-likeness (QED) is 0.829. The van der Waals surface area contributed by atoms with Gasteiger partial charge >= 0.3 is 6.09 Å². The molecule has 2 atom stereocenters. The number of nitriles is 1. The molecule has 1 aromatic carbocycles. The Bertz CT molecular complexity index is 761. The van der Waals surface area contributed by atoms with Gasteiger partial charge in [0.25, 0.3) is 0 Å². The molecule has 124 valence electrons. The molecule has 1 saturated heterocycles. The third-order valence-electron chi connectivity index (χ3n) is 4.05. The lowest BCUT2D eigenvalue weighted by Gasteiger charge is -2.20. The summed E-state index contributed by atoms with van der Waals surface area (Å²) in [7, 11) is 0. The minimum absolute atomic E-state index is 0.189. The maximum atomic E-state index is 12.9. The number of carbonyl (C=O) groups is 2. The van der Waals surface area contributed by atoms with Crippen molar-refractivity contribution < 1.29 is 19.2 Å². The molecule has 24 heavy (non-hydrogen) atoms. The zero-order valence-electron chi connectivity index (χ0n) is 13.6. The van der Waals surface area contributed by atoms with Crippen LogP contribution in [0.5, 0.6) is 0 Å². The third-order valence-corrected chi connectivity index (χ3v) is 4.05. The van der Waals surface area contributed by atoms with Crippen molar-refractivity contribution in [3.05, 3.63) is 35.4 Å². The minimum Gasteiger partial charge on any atom is -0.441 e. The lowest BCUT2D eigenvalue weighted by molar-refractivity contribution is -0.132. The zero-order valence-corrected chi connectivity index (χ0v) is 13.6. The van der Waals surface area contributed by atoms with Crippen LogP contribution >= 0.6 is 0 Å². The maximum Gasteiger partial charge on any atom is 0.417 e. The van der Waals surface area contributed by atoms with E-state index in [0.29, 0.717) is 16.8 Å². The first-order valence-corrected chi connectivity index (χ1v) is 7.61. The van der Waals surface area contributed by atoms with E-state index in [2.05, 4.69) is 5.16 Å². The molecule has 0 saturated carbocycles. The van der Waals surface area contributed by atoms with E-state index in [4.69, 9.17) is 14.8 Å². The molecule has 2 amide bonds. The lowest BCUT2D eigenvalue weighted by Crippen LogP contribution is -2.43. The SMILES string of the molecule is C[C@@H]1ON=C(c2ccc(C#N)cc2)[C@H]1C(=O)N1CC(C)(C)OC1=O. The van der Waals surface area contributed by atoms with Gasteiger partial charge in [-0.3, -0.25) is 4.79 Å². The summed E-state index contributed by atoms with van der Waals surface area (Å²) in [6, 6.07) is 8.76. The fourth-order valence-corrected chi connectivity index (χ4v) is 2.85. The zero-order chi connectivity index (χ0) is 17.5. The highest BCUT2D eigenvalue weighted by atomic mass is 16.6. The van der Waals surface area contributed by atoms with Crippen LogP contribution in [0.1, 0.15) is 31.9 Å². The first-order valence-electron chi connectivity index (χ1n) is 7.61. The Balaban J connectivity index is 1.88. The van der Waals surface area contributed by atoms with Gasteiger partial charge in [-0.2, -0.15) is 5.26 Å². The van der Waals surface area contributed by atoms with Gasteiger partial charge in [0.15, 0.2) is 0 Å².